The Morgan fingerprint density at radius 3 is 2.29 bits per heavy atom. The molecule has 3 aromatic rings. The lowest BCUT2D eigenvalue weighted by molar-refractivity contribution is -0.141. The minimum absolute atomic E-state index is 0.00141. The van der Waals surface area contributed by atoms with Crippen molar-refractivity contribution in [3.63, 3.8) is 0 Å². The van der Waals surface area contributed by atoms with E-state index in [2.05, 4.69) is 5.32 Å². The Morgan fingerprint density at radius 1 is 0.921 bits per heavy atom. The number of nitrogens with one attached hydrogen (secondary N) is 1. The lowest BCUT2D eigenvalue weighted by Gasteiger charge is -2.32. The largest absolute Gasteiger partial charge is 0.352 e. The van der Waals surface area contributed by atoms with Crippen LogP contribution in [0.5, 0.6) is 0 Å². The maximum absolute atomic E-state index is 13.7. The predicted molar refractivity (Wildman–Crippen MR) is 160 cm³/mol. The van der Waals surface area contributed by atoms with Crippen LogP contribution in [0.3, 0.4) is 0 Å². The molecule has 3 aromatic carbocycles. The van der Waals surface area contributed by atoms with Gasteiger partial charge in [0.15, 0.2) is 0 Å². The highest BCUT2D eigenvalue weighted by molar-refractivity contribution is 7.99. The molecule has 38 heavy (non-hydrogen) atoms. The summed E-state index contributed by atoms with van der Waals surface area (Å²) in [5.41, 5.74) is 1.81. The van der Waals surface area contributed by atoms with Gasteiger partial charge in [-0.1, -0.05) is 78.1 Å². The first-order valence-electron chi connectivity index (χ1n) is 12.7. The molecule has 0 aliphatic heterocycles. The van der Waals surface area contributed by atoms with E-state index in [9.17, 15) is 9.59 Å². The molecular weight excluding hydrogens is 559 g/mol. The van der Waals surface area contributed by atoms with Gasteiger partial charge in [-0.2, -0.15) is 0 Å². The van der Waals surface area contributed by atoms with Crippen LogP contribution in [0.15, 0.2) is 77.7 Å². The molecule has 4 nitrogen and oxygen atoms in total. The molecule has 0 aliphatic rings. The molecule has 0 aliphatic carbocycles. The van der Waals surface area contributed by atoms with Gasteiger partial charge >= 0.3 is 0 Å². The van der Waals surface area contributed by atoms with Crippen LogP contribution in [0.25, 0.3) is 0 Å². The number of nitrogens with zero attached hydrogens (tertiary/aromatic N) is 1. The van der Waals surface area contributed by atoms with Crippen molar-refractivity contribution < 1.29 is 9.59 Å². The van der Waals surface area contributed by atoms with Gasteiger partial charge in [0.1, 0.15) is 6.04 Å². The fraction of sp³-hybridized carbons (Fsp3) is 0.333. The van der Waals surface area contributed by atoms with Gasteiger partial charge in [0.05, 0.1) is 10.0 Å². The molecule has 3 rings (SSSR count). The lowest BCUT2D eigenvalue weighted by Crippen LogP contribution is -2.52. The van der Waals surface area contributed by atoms with E-state index in [1.165, 1.54) is 0 Å². The molecule has 2 atom stereocenters. The van der Waals surface area contributed by atoms with E-state index in [1.807, 2.05) is 74.5 Å². The Labute approximate surface area is 245 Å². The highest BCUT2D eigenvalue weighted by Crippen LogP contribution is 2.25. The monoisotopic (exact) mass is 590 g/mol. The zero-order chi connectivity index (χ0) is 27.5. The zero-order valence-electron chi connectivity index (χ0n) is 21.6. The molecule has 0 aromatic heterocycles. The van der Waals surface area contributed by atoms with E-state index in [0.29, 0.717) is 34.3 Å². The minimum Gasteiger partial charge on any atom is -0.352 e. The van der Waals surface area contributed by atoms with Crippen molar-refractivity contribution in [2.75, 3.05) is 5.75 Å². The third-order valence-corrected chi connectivity index (χ3v) is 8.32. The summed E-state index contributed by atoms with van der Waals surface area (Å²) in [6.07, 6.45) is 2.21. The smallest absolute Gasteiger partial charge is 0.243 e. The summed E-state index contributed by atoms with van der Waals surface area (Å²) in [7, 11) is 0. The molecule has 0 heterocycles. The van der Waals surface area contributed by atoms with E-state index in [0.717, 1.165) is 28.2 Å². The SMILES string of the molecule is CC[C@@H](C)NC(=O)[C@H](Cc1ccccc1)N(Cc1ccc(Cl)c(Cl)c1)C(=O)CCCSc1ccc(Cl)cc1. The number of rotatable bonds is 13. The van der Waals surface area contributed by atoms with Crippen LogP contribution in [-0.2, 0) is 22.6 Å². The quantitative estimate of drug-likeness (QED) is 0.161. The van der Waals surface area contributed by atoms with Gasteiger partial charge in [-0.25, -0.2) is 0 Å². The molecule has 0 unspecified atom stereocenters. The number of hydrogen-bond acceptors (Lipinski definition) is 3. The highest BCUT2D eigenvalue weighted by atomic mass is 35.5. The fourth-order valence-electron chi connectivity index (χ4n) is 3.92. The number of carbonyl (C=O) groups excluding carboxylic acids is 2. The van der Waals surface area contributed by atoms with Gasteiger partial charge < -0.3 is 10.2 Å². The Bertz CT molecular complexity index is 1190. The topological polar surface area (TPSA) is 49.4 Å². The van der Waals surface area contributed by atoms with E-state index in [1.54, 1.807) is 28.8 Å². The summed E-state index contributed by atoms with van der Waals surface area (Å²) in [6.45, 7) is 4.25. The van der Waals surface area contributed by atoms with Crippen molar-refractivity contribution in [1.82, 2.24) is 10.2 Å². The highest BCUT2D eigenvalue weighted by Gasteiger charge is 2.30. The minimum atomic E-state index is -0.669. The third kappa shape index (κ3) is 9.53. The Balaban J connectivity index is 1.82. The first-order chi connectivity index (χ1) is 18.3. The van der Waals surface area contributed by atoms with Gasteiger partial charge in [0, 0.05) is 35.3 Å². The van der Waals surface area contributed by atoms with Crippen molar-refractivity contribution in [3.05, 3.63) is 99.0 Å². The Morgan fingerprint density at radius 2 is 1.63 bits per heavy atom. The van der Waals surface area contributed by atoms with Crippen LogP contribution in [-0.4, -0.2) is 34.6 Å². The zero-order valence-corrected chi connectivity index (χ0v) is 24.7. The van der Waals surface area contributed by atoms with Crippen LogP contribution >= 0.6 is 46.6 Å². The summed E-state index contributed by atoms with van der Waals surface area (Å²) < 4.78 is 0. The van der Waals surface area contributed by atoms with Crippen molar-refractivity contribution in [1.29, 1.82) is 0 Å². The maximum Gasteiger partial charge on any atom is 0.243 e. The van der Waals surface area contributed by atoms with Gasteiger partial charge in [0.25, 0.3) is 0 Å². The molecule has 0 bridgehead atoms. The van der Waals surface area contributed by atoms with Crippen LogP contribution < -0.4 is 5.32 Å². The summed E-state index contributed by atoms with van der Waals surface area (Å²) in [4.78, 5) is 30.0. The van der Waals surface area contributed by atoms with Gasteiger partial charge in [-0.3, -0.25) is 9.59 Å². The van der Waals surface area contributed by atoms with E-state index in [4.69, 9.17) is 34.8 Å². The molecule has 8 heteroatoms. The second kappa shape index (κ2) is 15.4. The average Bonchev–Trinajstić information content (AvgIpc) is 2.91. The van der Waals surface area contributed by atoms with E-state index >= 15 is 0 Å². The second-order valence-electron chi connectivity index (χ2n) is 9.20. The maximum atomic E-state index is 13.7. The van der Waals surface area contributed by atoms with E-state index < -0.39 is 6.04 Å². The van der Waals surface area contributed by atoms with Gasteiger partial charge in [0.2, 0.25) is 11.8 Å². The number of halogens is 3. The lowest BCUT2D eigenvalue weighted by atomic mass is 10.0. The molecular formula is C30H33Cl3N2O2S. The molecule has 0 saturated carbocycles. The summed E-state index contributed by atoms with van der Waals surface area (Å²) >= 11 is 20.1. The van der Waals surface area contributed by atoms with Gasteiger partial charge in [-0.05, 0) is 73.0 Å². The standard InChI is InChI=1S/C30H33Cl3N2O2S/c1-3-21(2)34-30(37)28(19-22-8-5-4-6-9-22)35(20-23-11-16-26(32)27(33)18-23)29(36)10-7-17-38-25-14-12-24(31)13-15-25/h4-6,8-9,11-16,18,21,28H,3,7,10,17,19-20H2,1-2H3,(H,34,37)/t21-,28+/m1/s1. The molecule has 0 radical (unpaired) electrons. The second-order valence-corrected chi connectivity index (χ2v) is 11.6. The number of amides is 2. The molecule has 1 N–H and O–H groups in total. The van der Waals surface area contributed by atoms with E-state index in [-0.39, 0.29) is 24.4 Å². The van der Waals surface area contributed by atoms with Crippen LogP contribution in [0.1, 0.15) is 44.2 Å². The molecule has 0 saturated heterocycles. The Kier molecular flexibility index (Phi) is 12.3. The number of thioether (sulfide) groups is 1. The summed E-state index contributed by atoms with van der Waals surface area (Å²) in [6, 6.07) is 22.1. The first-order valence-corrected chi connectivity index (χ1v) is 14.8. The van der Waals surface area contributed by atoms with Crippen LogP contribution in [0.2, 0.25) is 15.1 Å². The van der Waals surface area contributed by atoms with Crippen molar-refractivity contribution in [3.8, 4) is 0 Å². The van der Waals surface area contributed by atoms with Gasteiger partial charge in [-0.15, -0.1) is 11.8 Å². The molecule has 0 fully saturated rings. The number of carbonyl (C=O) groups is 2. The predicted octanol–water partition coefficient (Wildman–Crippen LogP) is 8.07. The number of benzene rings is 3. The molecule has 0 spiro atoms. The van der Waals surface area contributed by atoms with Crippen molar-refractivity contribution in [2.45, 2.75) is 63.1 Å². The Hall–Kier alpha value is -2.18. The fourth-order valence-corrected chi connectivity index (χ4v) is 5.22. The normalized spacial score (nSPS) is 12.6. The van der Waals surface area contributed by atoms with Crippen LogP contribution in [0.4, 0.5) is 0 Å². The summed E-state index contributed by atoms with van der Waals surface area (Å²) in [5.74, 6) is 0.538. The van der Waals surface area contributed by atoms with Crippen LogP contribution in [0, 0.1) is 0 Å². The third-order valence-electron chi connectivity index (χ3n) is 6.23. The van der Waals surface area contributed by atoms with Crippen molar-refractivity contribution >= 4 is 58.4 Å². The molecule has 2 amide bonds. The van der Waals surface area contributed by atoms with Crippen molar-refractivity contribution in [2.24, 2.45) is 0 Å². The first kappa shape index (κ1) is 30.4. The molecule has 202 valence electrons. The number of hydrogen-bond donors (Lipinski definition) is 1. The summed E-state index contributed by atoms with van der Waals surface area (Å²) in [5, 5.41) is 4.65. The average molecular weight is 592 g/mol.